The summed E-state index contributed by atoms with van der Waals surface area (Å²) in [6.07, 6.45) is 4.06. The van der Waals surface area contributed by atoms with E-state index < -0.39 is 0 Å². The summed E-state index contributed by atoms with van der Waals surface area (Å²) in [5, 5.41) is 0. The minimum absolute atomic E-state index is 0.0156. The van der Waals surface area contributed by atoms with E-state index in [0.29, 0.717) is 0 Å². The monoisotopic (exact) mass is 164 g/mol. The normalized spacial score (nSPS) is 14.8. The topological polar surface area (TPSA) is 0 Å². The van der Waals surface area contributed by atoms with E-state index in [-0.39, 0.29) is 5.82 Å². The minimum Gasteiger partial charge on any atom is -0.207 e. The van der Waals surface area contributed by atoms with Gasteiger partial charge < -0.3 is 0 Å². The molecule has 0 saturated carbocycles. The van der Waals surface area contributed by atoms with Crippen LogP contribution in [0.4, 0.5) is 4.39 Å². The van der Waals surface area contributed by atoms with Crippen molar-refractivity contribution in [1.82, 2.24) is 0 Å². The number of hydrogen-bond acceptors (Lipinski definition) is 0. The molecule has 1 aromatic rings. The molecule has 1 aromatic carbocycles. The molecular formula is C11H13F. The third-order valence-corrected chi connectivity index (χ3v) is 2.63. The van der Waals surface area contributed by atoms with Crippen molar-refractivity contribution < 1.29 is 4.39 Å². The van der Waals surface area contributed by atoms with Crippen LogP contribution < -0.4 is 0 Å². The molecule has 0 aliphatic heterocycles. The number of benzene rings is 1. The van der Waals surface area contributed by atoms with Crippen LogP contribution in [-0.2, 0) is 19.3 Å². The first kappa shape index (κ1) is 7.78. The van der Waals surface area contributed by atoms with E-state index in [1.54, 1.807) is 6.07 Å². The van der Waals surface area contributed by atoms with Gasteiger partial charge in [0.05, 0.1) is 0 Å². The summed E-state index contributed by atoms with van der Waals surface area (Å²) in [5.74, 6) is 0.0156. The predicted molar refractivity (Wildman–Crippen MR) is 47.8 cm³/mol. The number of halogens is 1. The van der Waals surface area contributed by atoms with Crippen molar-refractivity contribution in [3.8, 4) is 0 Å². The quantitative estimate of drug-likeness (QED) is 0.598. The second-order valence-corrected chi connectivity index (χ2v) is 3.42. The van der Waals surface area contributed by atoms with Crippen molar-refractivity contribution in [2.75, 3.05) is 0 Å². The Morgan fingerprint density at radius 3 is 2.92 bits per heavy atom. The zero-order chi connectivity index (χ0) is 8.55. The molecule has 0 N–H and O–H groups in total. The van der Waals surface area contributed by atoms with Crippen molar-refractivity contribution in [3.05, 3.63) is 34.6 Å². The maximum atomic E-state index is 13.3. The standard InChI is InChI=1S/C11H13F/c1-2-8-6-9-4-3-5-10(9)11(12)7-8/h6-7H,2-5H2,1H3. The molecule has 0 nitrogen and oxygen atoms in total. The van der Waals surface area contributed by atoms with Gasteiger partial charge in [-0.1, -0.05) is 13.0 Å². The zero-order valence-electron chi connectivity index (χ0n) is 7.36. The Labute approximate surface area is 72.4 Å². The van der Waals surface area contributed by atoms with E-state index in [1.807, 2.05) is 0 Å². The van der Waals surface area contributed by atoms with Crippen molar-refractivity contribution in [2.24, 2.45) is 0 Å². The summed E-state index contributed by atoms with van der Waals surface area (Å²) in [6.45, 7) is 2.07. The van der Waals surface area contributed by atoms with Crippen LogP contribution in [0.5, 0.6) is 0 Å². The third-order valence-electron chi connectivity index (χ3n) is 2.63. The molecule has 0 saturated heterocycles. The molecule has 1 heteroatoms. The summed E-state index contributed by atoms with van der Waals surface area (Å²) < 4.78 is 13.3. The molecule has 1 aliphatic rings. The van der Waals surface area contributed by atoms with Crippen LogP contribution in [0.15, 0.2) is 12.1 Å². The number of rotatable bonds is 1. The summed E-state index contributed by atoms with van der Waals surface area (Å²) in [7, 11) is 0. The Morgan fingerprint density at radius 2 is 2.17 bits per heavy atom. The molecule has 1 aliphatic carbocycles. The maximum absolute atomic E-state index is 13.3. The first-order valence-electron chi connectivity index (χ1n) is 4.61. The smallest absolute Gasteiger partial charge is 0.126 e. The fourth-order valence-corrected chi connectivity index (χ4v) is 1.92. The molecule has 0 atom stereocenters. The highest BCUT2D eigenvalue weighted by molar-refractivity contribution is 5.36. The Morgan fingerprint density at radius 1 is 1.33 bits per heavy atom. The van der Waals surface area contributed by atoms with Gasteiger partial charge in [-0.25, -0.2) is 4.39 Å². The largest absolute Gasteiger partial charge is 0.207 e. The average Bonchev–Trinajstić information content (AvgIpc) is 2.52. The van der Waals surface area contributed by atoms with Gasteiger partial charge in [0.1, 0.15) is 5.82 Å². The minimum atomic E-state index is 0.0156. The van der Waals surface area contributed by atoms with Crippen molar-refractivity contribution in [1.29, 1.82) is 0 Å². The number of aryl methyl sites for hydroxylation is 2. The average molecular weight is 164 g/mol. The lowest BCUT2D eigenvalue weighted by Crippen LogP contribution is -1.92. The summed E-state index contributed by atoms with van der Waals surface area (Å²) >= 11 is 0. The van der Waals surface area contributed by atoms with E-state index in [9.17, 15) is 4.39 Å². The molecule has 0 fully saturated rings. The van der Waals surface area contributed by atoms with Crippen LogP contribution in [-0.4, -0.2) is 0 Å². The number of hydrogen-bond donors (Lipinski definition) is 0. The summed E-state index contributed by atoms with van der Waals surface area (Å²) in [5.41, 5.74) is 3.34. The van der Waals surface area contributed by atoms with Crippen LogP contribution in [0, 0.1) is 5.82 Å². The fourth-order valence-electron chi connectivity index (χ4n) is 1.92. The van der Waals surface area contributed by atoms with Gasteiger partial charge in [0, 0.05) is 0 Å². The van der Waals surface area contributed by atoms with E-state index in [4.69, 9.17) is 0 Å². The highest BCUT2D eigenvalue weighted by Crippen LogP contribution is 2.25. The Balaban J connectivity index is 2.51. The van der Waals surface area contributed by atoms with Crippen LogP contribution in [0.25, 0.3) is 0 Å². The van der Waals surface area contributed by atoms with Gasteiger partial charge >= 0.3 is 0 Å². The Kier molecular flexibility index (Phi) is 1.87. The van der Waals surface area contributed by atoms with Gasteiger partial charge in [-0.3, -0.25) is 0 Å². The van der Waals surface area contributed by atoms with Gasteiger partial charge in [-0.05, 0) is 48.4 Å². The van der Waals surface area contributed by atoms with Gasteiger partial charge in [-0.15, -0.1) is 0 Å². The molecule has 0 bridgehead atoms. The molecule has 0 spiro atoms. The second-order valence-electron chi connectivity index (χ2n) is 3.42. The lowest BCUT2D eigenvalue weighted by Gasteiger charge is -2.03. The molecule has 2 rings (SSSR count). The summed E-state index contributed by atoms with van der Waals surface area (Å²) in [6, 6.07) is 3.84. The molecule has 0 unspecified atom stereocenters. The molecule has 0 amide bonds. The number of fused-ring (bicyclic) bond motifs is 1. The molecule has 64 valence electrons. The second kappa shape index (κ2) is 2.89. The fraction of sp³-hybridized carbons (Fsp3) is 0.455. The van der Waals surface area contributed by atoms with Crippen molar-refractivity contribution in [2.45, 2.75) is 32.6 Å². The predicted octanol–water partition coefficient (Wildman–Crippen LogP) is 2.88. The SMILES string of the molecule is CCc1cc(F)c2c(c1)CCC2. The maximum Gasteiger partial charge on any atom is 0.126 e. The van der Waals surface area contributed by atoms with Gasteiger partial charge in [-0.2, -0.15) is 0 Å². The Hall–Kier alpha value is -0.850. The van der Waals surface area contributed by atoms with E-state index in [0.717, 1.165) is 36.8 Å². The van der Waals surface area contributed by atoms with Gasteiger partial charge in [0.15, 0.2) is 0 Å². The first-order chi connectivity index (χ1) is 5.81. The van der Waals surface area contributed by atoms with Gasteiger partial charge in [0.25, 0.3) is 0 Å². The molecule has 0 aromatic heterocycles. The molecule has 12 heavy (non-hydrogen) atoms. The van der Waals surface area contributed by atoms with E-state index in [1.165, 1.54) is 5.56 Å². The van der Waals surface area contributed by atoms with Crippen molar-refractivity contribution >= 4 is 0 Å². The zero-order valence-corrected chi connectivity index (χ0v) is 7.36. The summed E-state index contributed by atoms with van der Waals surface area (Å²) in [4.78, 5) is 0. The Bertz CT molecular complexity index is 302. The van der Waals surface area contributed by atoms with Crippen LogP contribution >= 0.6 is 0 Å². The molecular weight excluding hydrogens is 151 g/mol. The van der Waals surface area contributed by atoms with Crippen LogP contribution in [0.3, 0.4) is 0 Å². The van der Waals surface area contributed by atoms with Crippen molar-refractivity contribution in [3.63, 3.8) is 0 Å². The van der Waals surface area contributed by atoms with Gasteiger partial charge in [0.2, 0.25) is 0 Å². The lowest BCUT2D eigenvalue weighted by molar-refractivity contribution is 0.610. The lowest BCUT2D eigenvalue weighted by atomic mass is 10.0. The van der Waals surface area contributed by atoms with E-state index in [2.05, 4.69) is 13.0 Å². The van der Waals surface area contributed by atoms with Crippen LogP contribution in [0.2, 0.25) is 0 Å². The highest BCUT2D eigenvalue weighted by Gasteiger charge is 2.15. The van der Waals surface area contributed by atoms with Crippen LogP contribution in [0.1, 0.15) is 30.0 Å². The molecule has 0 heterocycles. The highest BCUT2D eigenvalue weighted by atomic mass is 19.1. The molecule has 0 radical (unpaired) electrons. The first-order valence-corrected chi connectivity index (χ1v) is 4.61. The third kappa shape index (κ3) is 1.13. The van der Waals surface area contributed by atoms with E-state index >= 15 is 0 Å².